The number of piperazine rings is 1. The predicted molar refractivity (Wildman–Crippen MR) is 438 cm³/mol. The van der Waals surface area contributed by atoms with Crippen molar-refractivity contribution in [3.8, 4) is 0 Å². The summed E-state index contributed by atoms with van der Waals surface area (Å²) in [6.07, 6.45) is 88.0. The highest BCUT2D eigenvalue weighted by atomic mass is 33.1. The zero-order valence-corrected chi connectivity index (χ0v) is 66.7. The summed E-state index contributed by atoms with van der Waals surface area (Å²) < 4.78 is 5.78. The molecule has 0 aliphatic carbocycles. The highest BCUT2D eigenvalue weighted by Crippen LogP contribution is 2.23. The van der Waals surface area contributed by atoms with Crippen molar-refractivity contribution in [2.45, 2.75) is 354 Å². The Hall–Kier alpha value is -2.23. The largest absolute Gasteiger partial charge is 0.464 e. The number of aliphatic hydroxyl groups is 4. The fraction of sp³-hybridized carbons (Fsp3) is 0.805. The number of rotatable bonds is 75. The summed E-state index contributed by atoms with van der Waals surface area (Å²) in [4.78, 5) is 22.6. The van der Waals surface area contributed by atoms with Crippen molar-refractivity contribution < 1.29 is 30.0 Å². The van der Waals surface area contributed by atoms with E-state index >= 15 is 0 Å². The van der Waals surface area contributed by atoms with Gasteiger partial charge < -0.3 is 25.2 Å². The third-order valence-electron chi connectivity index (χ3n) is 19.1. The summed E-state index contributed by atoms with van der Waals surface area (Å²) in [6, 6.07) is 0. The van der Waals surface area contributed by atoms with Gasteiger partial charge >= 0.3 is 5.97 Å². The topological polar surface area (TPSA) is 120 Å². The summed E-state index contributed by atoms with van der Waals surface area (Å²) in [5.74, 6) is 1.99. The van der Waals surface area contributed by atoms with Crippen molar-refractivity contribution in [3.63, 3.8) is 0 Å². The Bertz CT molecular complexity index is 1830. The van der Waals surface area contributed by atoms with E-state index in [1.807, 2.05) is 21.6 Å². The first-order valence-corrected chi connectivity index (χ1v) is 44.4. The highest BCUT2D eigenvalue weighted by Gasteiger charge is 2.20. The second kappa shape index (κ2) is 76.9. The van der Waals surface area contributed by atoms with Crippen molar-refractivity contribution >= 4 is 27.6 Å². The van der Waals surface area contributed by atoms with E-state index in [0.29, 0.717) is 52.2 Å². The molecule has 576 valence electrons. The van der Waals surface area contributed by atoms with E-state index < -0.39 is 12.2 Å². The first kappa shape index (κ1) is 94.8. The van der Waals surface area contributed by atoms with Gasteiger partial charge in [-0.15, -0.1) is 0 Å². The Labute approximate surface area is 621 Å². The van der Waals surface area contributed by atoms with Gasteiger partial charge in [0.2, 0.25) is 0 Å². The fourth-order valence-corrected chi connectivity index (χ4v) is 15.0. The van der Waals surface area contributed by atoms with E-state index in [1.165, 1.54) is 141 Å². The third-order valence-corrected chi connectivity index (χ3v) is 21.6. The number of esters is 1. The maximum absolute atomic E-state index is 13.0. The zero-order valence-electron chi connectivity index (χ0n) is 65.1. The van der Waals surface area contributed by atoms with Crippen molar-refractivity contribution in [2.75, 3.05) is 96.6 Å². The zero-order chi connectivity index (χ0) is 71.5. The molecule has 0 aromatic heterocycles. The number of allylic oxidation sites excluding steroid dienone is 16. The molecule has 12 heteroatoms. The molecule has 0 radical (unpaired) electrons. The van der Waals surface area contributed by atoms with Crippen LogP contribution in [0.4, 0.5) is 0 Å². The molecule has 4 unspecified atom stereocenters. The highest BCUT2D eigenvalue weighted by molar-refractivity contribution is 8.76. The molecule has 0 saturated carbocycles. The van der Waals surface area contributed by atoms with Gasteiger partial charge in [0.15, 0.2) is 0 Å². The van der Waals surface area contributed by atoms with E-state index in [-0.39, 0.29) is 18.2 Å². The minimum atomic E-state index is -0.435. The lowest BCUT2D eigenvalue weighted by Crippen LogP contribution is -2.47. The summed E-state index contributed by atoms with van der Waals surface area (Å²) >= 11 is 0. The number of nitrogens with zero attached hydrogens (tertiary/aromatic N) is 4. The Morgan fingerprint density at radius 1 is 0.354 bits per heavy atom. The molecule has 1 aliphatic heterocycles. The minimum absolute atomic E-state index is 0.153. The number of aliphatic hydroxyl groups excluding tert-OH is 4. The van der Waals surface area contributed by atoms with E-state index in [0.717, 1.165) is 205 Å². The Morgan fingerprint density at radius 3 is 1.01 bits per heavy atom. The molecule has 0 aromatic carbocycles. The Balaban J connectivity index is 2.49. The molecule has 1 saturated heterocycles. The molecule has 99 heavy (non-hydrogen) atoms. The Morgan fingerprint density at radius 2 is 0.646 bits per heavy atom. The maximum Gasteiger partial charge on any atom is 0.305 e. The molecule has 1 rings (SSSR count). The molecular weight excluding hydrogens is 1260 g/mol. The van der Waals surface area contributed by atoms with Crippen LogP contribution in [0.15, 0.2) is 97.2 Å². The summed E-state index contributed by atoms with van der Waals surface area (Å²) in [6.45, 7) is 19.1. The average Bonchev–Trinajstić information content (AvgIpc) is 2.50. The Kier molecular flexibility index (Phi) is 73.6. The number of carbonyl (C=O) groups is 1. The molecule has 1 heterocycles. The van der Waals surface area contributed by atoms with Crippen molar-refractivity contribution in [3.05, 3.63) is 97.2 Å². The van der Waals surface area contributed by atoms with Crippen LogP contribution in [0.25, 0.3) is 0 Å². The van der Waals surface area contributed by atoms with Gasteiger partial charge in [-0.25, -0.2) is 0 Å². The lowest BCUT2D eigenvalue weighted by atomic mass is 10.1. The van der Waals surface area contributed by atoms with Gasteiger partial charge in [0, 0.05) is 83.4 Å². The van der Waals surface area contributed by atoms with E-state index in [2.05, 4.69) is 145 Å². The van der Waals surface area contributed by atoms with Gasteiger partial charge in [0.25, 0.3) is 0 Å². The number of unbranched alkanes of at least 4 members (excludes halogenated alkanes) is 28. The van der Waals surface area contributed by atoms with Crippen LogP contribution in [0.5, 0.6) is 0 Å². The summed E-state index contributed by atoms with van der Waals surface area (Å²) in [5.41, 5.74) is 0. The predicted octanol–water partition coefficient (Wildman–Crippen LogP) is 22.4. The molecule has 1 fully saturated rings. The molecular formula is C87H160N4O6S2. The second-order valence-electron chi connectivity index (χ2n) is 28.7. The second-order valence-corrected chi connectivity index (χ2v) is 31.5. The number of carbonyl (C=O) groups excluding carboxylic acids is 1. The molecule has 1 aliphatic rings. The molecule has 4 atom stereocenters. The molecule has 0 aromatic rings. The lowest BCUT2D eigenvalue weighted by Gasteiger charge is -2.34. The van der Waals surface area contributed by atoms with Gasteiger partial charge in [0.05, 0.1) is 24.4 Å². The summed E-state index contributed by atoms with van der Waals surface area (Å²) in [7, 11) is 3.93. The van der Waals surface area contributed by atoms with Gasteiger partial charge in [-0.3, -0.25) is 24.4 Å². The van der Waals surface area contributed by atoms with Crippen LogP contribution in [-0.4, -0.2) is 167 Å². The van der Waals surface area contributed by atoms with Gasteiger partial charge in [-0.05, 0) is 167 Å². The van der Waals surface area contributed by atoms with Crippen molar-refractivity contribution in [1.29, 1.82) is 0 Å². The minimum Gasteiger partial charge on any atom is -0.464 e. The monoisotopic (exact) mass is 1420 g/mol. The van der Waals surface area contributed by atoms with E-state index in [9.17, 15) is 25.2 Å². The summed E-state index contributed by atoms with van der Waals surface area (Å²) in [5, 5.41) is 44.8. The van der Waals surface area contributed by atoms with Crippen LogP contribution in [0.3, 0.4) is 0 Å². The van der Waals surface area contributed by atoms with E-state index in [1.54, 1.807) is 0 Å². The molecule has 0 spiro atoms. The normalized spacial score (nSPS) is 15.2. The number of hydrogen-bond donors (Lipinski definition) is 4. The third kappa shape index (κ3) is 69.9. The quantitative estimate of drug-likeness (QED) is 0.0201. The molecule has 4 N–H and O–H groups in total. The number of hydrogen-bond acceptors (Lipinski definition) is 12. The van der Waals surface area contributed by atoms with E-state index in [4.69, 9.17) is 4.74 Å². The molecule has 10 nitrogen and oxygen atoms in total. The van der Waals surface area contributed by atoms with Crippen LogP contribution < -0.4 is 0 Å². The standard InChI is InChI=1S/C87H160N4O6S2/c1-5-9-13-17-21-25-29-33-37-41-45-49-53-57-63-83(92)79-90(80-84(93)64-58-54-50-46-42-38-34-30-26-22-18-14-10-6-2)68-61-67-87(96)97-76-74-88-70-72-89(73-71-88)75-78-99-98-77-62-69-91(81-85(94)65-59-55-51-47-43-39-35-31-27-23-19-15-11-7-3)82-86(95)66-60-56-52-48-44-40-36-32-28-24-20-16-12-8-4/h11-12,15-16,23-24,27-28,33-40,83-86,92-95H,5-10,13-14,17-22,25-26,29-32,41-82H2,1-4H3/b15-11-,16-12-,27-23-,28-24-,37-33-,38-34-,39-35-,40-36-. The maximum atomic E-state index is 13.0. The SMILES string of the molecule is CC/C=C\C/C=C\C/C=C\CCCCCCC(O)CN(CCCSSCCN1CCN(CCOC(=O)CCCN(CC(O)CCCCCC/C=C\CCCCCCCC)CC(O)CCCCCC/C=C\CCCCCCCC)CC1)CC(O)CCCCCC/C=C\C/C=C\C/C=C\CC. The van der Waals surface area contributed by atoms with Gasteiger partial charge in [-0.2, -0.15) is 0 Å². The number of ether oxygens (including phenoxy) is 1. The molecule has 0 bridgehead atoms. The lowest BCUT2D eigenvalue weighted by molar-refractivity contribution is -0.144. The van der Waals surface area contributed by atoms with Gasteiger partial charge in [0.1, 0.15) is 6.61 Å². The van der Waals surface area contributed by atoms with Crippen LogP contribution in [0.1, 0.15) is 329 Å². The van der Waals surface area contributed by atoms with Gasteiger partial charge in [-0.1, -0.05) is 288 Å². The average molecular weight is 1420 g/mol. The van der Waals surface area contributed by atoms with Crippen molar-refractivity contribution in [2.24, 2.45) is 0 Å². The van der Waals surface area contributed by atoms with Crippen molar-refractivity contribution in [1.82, 2.24) is 19.6 Å². The first-order valence-electron chi connectivity index (χ1n) is 41.9. The smallest absolute Gasteiger partial charge is 0.305 e. The first-order chi connectivity index (χ1) is 48.7. The van der Waals surface area contributed by atoms with Crippen LogP contribution in [0, 0.1) is 0 Å². The van der Waals surface area contributed by atoms with Crippen LogP contribution in [0.2, 0.25) is 0 Å². The fourth-order valence-electron chi connectivity index (χ4n) is 12.9. The molecule has 0 amide bonds. The van der Waals surface area contributed by atoms with Crippen LogP contribution in [-0.2, 0) is 9.53 Å². The van der Waals surface area contributed by atoms with Crippen LogP contribution >= 0.6 is 21.6 Å².